The van der Waals surface area contributed by atoms with Crippen LogP contribution in [0.1, 0.15) is 18.9 Å². The van der Waals surface area contributed by atoms with Crippen LogP contribution >= 0.6 is 34.7 Å². The highest BCUT2D eigenvalue weighted by molar-refractivity contribution is 7.99. The third-order valence-electron chi connectivity index (χ3n) is 4.98. The highest BCUT2D eigenvalue weighted by Gasteiger charge is 2.16. The van der Waals surface area contributed by atoms with Crippen molar-refractivity contribution in [2.45, 2.75) is 31.0 Å². The summed E-state index contributed by atoms with van der Waals surface area (Å²) in [5.74, 6) is 0.0867. The second-order valence-electron chi connectivity index (χ2n) is 7.43. The molecule has 1 N–H and O–H groups in total. The molecule has 164 valence electrons. The topological polar surface area (TPSA) is 64.0 Å². The van der Waals surface area contributed by atoms with Crippen LogP contribution in [0.3, 0.4) is 0 Å². The number of carbonyl (C=O) groups is 1. The minimum Gasteiger partial charge on any atom is -0.353 e. The fourth-order valence-corrected chi connectivity index (χ4v) is 5.06. The molecule has 4 rings (SSSR count). The van der Waals surface area contributed by atoms with Gasteiger partial charge in [0.2, 0.25) is 5.91 Å². The molecule has 0 aliphatic carbocycles. The molecular weight excluding hydrogens is 462 g/mol. The molecule has 0 fully saturated rings. The average molecular weight is 484 g/mol. The van der Waals surface area contributed by atoms with Gasteiger partial charge < -0.3 is 5.32 Å². The second kappa shape index (κ2) is 10.3. The molecule has 1 amide bonds. The number of hydrogen-bond donors (Lipinski definition) is 1. The van der Waals surface area contributed by atoms with Crippen LogP contribution in [0, 0.1) is 0 Å². The molecule has 8 heteroatoms. The SMILES string of the molecule is C[C@@H](CCc1ccccc1)NC(=O)CSc1nc2ccsc2c(=O)n1-c1ccc(Cl)cc1. The Balaban J connectivity index is 1.46. The lowest BCUT2D eigenvalue weighted by Gasteiger charge is -2.15. The molecule has 0 aliphatic rings. The van der Waals surface area contributed by atoms with Gasteiger partial charge in [-0.05, 0) is 61.0 Å². The van der Waals surface area contributed by atoms with Crippen LogP contribution in [0.2, 0.25) is 5.02 Å². The van der Waals surface area contributed by atoms with Crippen LogP contribution in [0.4, 0.5) is 0 Å². The lowest BCUT2D eigenvalue weighted by atomic mass is 10.1. The van der Waals surface area contributed by atoms with Crippen molar-refractivity contribution < 1.29 is 4.79 Å². The zero-order valence-corrected chi connectivity index (χ0v) is 19.8. The van der Waals surface area contributed by atoms with Crippen LogP contribution in [0.15, 0.2) is 76.0 Å². The lowest BCUT2D eigenvalue weighted by Crippen LogP contribution is -2.34. The van der Waals surface area contributed by atoms with Crippen LogP contribution in [-0.4, -0.2) is 27.3 Å². The molecule has 0 bridgehead atoms. The summed E-state index contributed by atoms with van der Waals surface area (Å²) in [5.41, 5.74) is 2.42. The Morgan fingerprint density at radius 1 is 1.16 bits per heavy atom. The third kappa shape index (κ3) is 5.41. The standard InChI is InChI=1S/C24H22ClN3O2S2/c1-16(7-8-17-5-3-2-4-6-17)26-21(29)15-32-24-27-20-13-14-31-22(20)23(30)28(24)19-11-9-18(25)10-12-19/h2-6,9-14,16H,7-8,15H2,1H3,(H,26,29)/t16-/m0/s1. The number of aryl methyl sites for hydroxylation is 1. The third-order valence-corrected chi connectivity index (χ3v) is 7.06. The molecule has 0 saturated carbocycles. The van der Waals surface area contributed by atoms with E-state index in [9.17, 15) is 9.59 Å². The number of halogens is 1. The van der Waals surface area contributed by atoms with Gasteiger partial charge in [0.05, 0.1) is 17.0 Å². The van der Waals surface area contributed by atoms with Crippen molar-refractivity contribution in [1.29, 1.82) is 0 Å². The first-order chi connectivity index (χ1) is 15.5. The minimum atomic E-state index is -0.147. The van der Waals surface area contributed by atoms with Gasteiger partial charge >= 0.3 is 0 Å². The maximum atomic E-state index is 13.1. The number of thiophene rings is 1. The fourth-order valence-electron chi connectivity index (χ4n) is 3.35. The molecule has 4 aromatic rings. The van der Waals surface area contributed by atoms with Crippen LogP contribution in [0.25, 0.3) is 15.9 Å². The lowest BCUT2D eigenvalue weighted by molar-refractivity contribution is -0.119. The van der Waals surface area contributed by atoms with Gasteiger partial charge in [-0.2, -0.15) is 0 Å². The Bertz CT molecular complexity index is 1270. The van der Waals surface area contributed by atoms with Gasteiger partial charge in [0.25, 0.3) is 5.56 Å². The van der Waals surface area contributed by atoms with Gasteiger partial charge in [-0.25, -0.2) is 4.98 Å². The summed E-state index contributed by atoms with van der Waals surface area (Å²) in [6, 6.07) is 19.1. The van der Waals surface area contributed by atoms with E-state index >= 15 is 0 Å². The monoisotopic (exact) mass is 483 g/mol. The number of aromatic nitrogens is 2. The number of fused-ring (bicyclic) bond motifs is 1. The number of amides is 1. The highest BCUT2D eigenvalue weighted by Crippen LogP contribution is 2.24. The molecule has 2 heterocycles. The number of carbonyl (C=O) groups excluding carboxylic acids is 1. The van der Waals surface area contributed by atoms with Crippen molar-refractivity contribution in [2.24, 2.45) is 0 Å². The van der Waals surface area contributed by atoms with E-state index in [2.05, 4.69) is 22.4 Å². The Morgan fingerprint density at radius 3 is 2.66 bits per heavy atom. The Labute approximate surface area is 199 Å². The zero-order valence-electron chi connectivity index (χ0n) is 17.5. The molecule has 0 unspecified atom stereocenters. The summed E-state index contributed by atoms with van der Waals surface area (Å²) in [5, 5.41) is 5.96. The van der Waals surface area contributed by atoms with E-state index in [4.69, 9.17) is 11.6 Å². The minimum absolute atomic E-state index is 0.0501. The van der Waals surface area contributed by atoms with Crippen molar-refractivity contribution in [3.63, 3.8) is 0 Å². The molecule has 5 nitrogen and oxygen atoms in total. The van der Waals surface area contributed by atoms with E-state index < -0.39 is 0 Å². The summed E-state index contributed by atoms with van der Waals surface area (Å²) in [6.45, 7) is 2.00. The summed E-state index contributed by atoms with van der Waals surface area (Å²) >= 11 is 8.63. The van der Waals surface area contributed by atoms with Crippen molar-refractivity contribution in [1.82, 2.24) is 14.9 Å². The first kappa shape index (κ1) is 22.6. The fraction of sp³-hybridized carbons (Fsp3) is 0.208. The van der Waals surface area contributed by atoms with E-state index in [0.717, 1.165) is 12.8 Å². The first-order valence-electron chi connectivity index (χ1n) is 10.2. The van der Waals surface area contributed by atoms with Gasteiger partial charge in [-0.1, -0.05) is 53.7 Å². The molecule has 2 aromatic heterocycles. The number of thioether (sulfide) groups is 1. The normalized spacial score (nSPS) is 12.1. The van der Waals surface area contributed by atoms with E-state index in [1.807, 2.05) is 36.6 Å². The maximum Gasteiger partial charge on any atom is 0.276 e. The summed E-state index contributed by atoms with van der Waals surface area (Å²) in [4.78, 5) is 30.3. The Hall–Kier alpha value is -2.61. The van der Waals surface area contributed by atoms with Gasteiger partial charge in [0, 0.05) is 11.1 Å². The molecule has 0 saturated heterocycles. The number of hydrogen-bond acceptors (Lipinski definition) is 5. The number of nitrogens with zero attached hydrogens (tertiary/aromatic N) is 2. The number of nitrogens with one attached hydrogen (secondary N) is 1. The zero-order chi connectivity index (χ0) is 22.5. The van der Waals surface area contributed by atoms with Crippen molar-refractivity contribution in [2.75, 3.05) is 5.75 Å². The van der Waals surface area contributed by atoms with Crippen molar-refractivity contribution >= 4 is 50.8 Å². The van der Waals surface area contributed by atoms with Gasteiger partial charge in [-0.3, -0.25) is 14.2 Å². The van der Waals surface area contributed by atoms with Crippen LogP contribution in [-0.2, 0) is 11.2 Å². The highest BCUT2D eigenvalue weighted by atomic mass is 35.5. The van der Waals surface area contributed by atoms with Crippen molar-refractivity contribution in [3.05, 3.63) is 87.0 Å². The summed E-state index contributed by atoms with van der Waals surface area (Å²) in [6.07, 6.45) is 1.76. The van der Waals surface area contributed by atoms with Crippen LogP contribution in [0.5, 0.6) is 0 Å². The molecular formula is C24H22ClN3O2S2. The predicted molar refractivity (Wildman–Crippen MR) is 133 cm³/mol. The molecule has 0 spiro atoms. The van der Waals surface area contributed by atoms with Gasteiger partial charge in [0.15, 0.2) is 5.16 Å². The first-order valence-corrected chi connectivity index (χ1v) is 12.5. The second-order valence-corrected chi connectivity index (χ2v) is 9.72. The van der Waals surface area contributed by atoms with Crippen molar-refractivity contribution in [3.8, 4) is 5.69 Å². The average Bonchev–Trinajstić information content (AvgIpc) is 3.27. The van der Waals surface area contributed by atoms with E-state index in [1.54, 1.807) is 28.8 Å². The largest absolute Gasteiger partial charge is 0.353 e. The molecule has 1 atom stereocenters. The Morgan fingerprint density at radius 2 is 1.91 bits per heavy atom. The van der Waals surface area contributed by atoms with E-state index in [1.165, 1.54) is 28.7 Å². The number of benzene rings is 2. The predicted octanol–water partition coefficient (Wildman–Crippen LogP) is 5.33. The van der Waals surface area contributed by atoms with E-state index in [-0.39, 0.29) is 23.3 Å². The summed E-state index contributed by atoms with van der Waals surface area (Å²) < 4.78 is 2.13. The van der Waals surface area contributed by atoms with E-state index in [0.29, 0.717) is 26.1 Å². The van der Waals surface area contributed by atoms with Gasteiger partial charge in [0.1, 0.15) is 4.70 Å². The molecule has 0 aliphatic heterocycles. The molecule has 32 heavy (non-hydrogen) atoms. The maximum absolute atomic E-state index is 13.1. The summed E-state index contributed by atoms with van der Waals surface area (Å²) in [7, 11) is 0. The smallest absolute Gasteiger partial charge is 0.276 e. The molecule has 2 aromatic carbocycles. The number of rotatable bonds is 8. The molecule has 0 radical (unpaired) electrons. The Kier molecular flexibility index (Phi) is 7.29. The quantitative estimate of drug-likeness (QED) is 0.272. The van der Waals surface area contributed by atoms with Gasteiger partial charge in [-0.15, -0.1) is 11.3 Å². The van der Waals surface area contributed by atoms with Crippen LogP contribution < -0.4 is 10.9 Å².